The van der Waals surface area contributed by atoms with Crippen LogP contribution < -0.4 is 19.8 Å². The monoisotopic (exact) mass is 487 g/mol. The lowest BCUT2D eigenvalue weighted by Gasteiger charge is -2.28. The molecule has 1 N–H and O–H groups in total. The highest BCUT2D eigenvalue weighted by Crippen LogP contribution is 2.27. The fourth-order valence-corrected chi connectivity index (χ4v) is 3.84. The molecule has 1 unspecified atom stereocenters. The highest BCUT2D eigenvalue weighted by atomic mass is 16.5. The number of nitrogens with one attached hydrogen (secondary N) is 1. The number of amides is 4. The van der Waals surface area contributed by atoms with E-state index < -0.39 is 29.7 Å². The van der Waals surface area contributed by atoms with Gasteiger partial charge in [-0.25, -0.2) is 9.91 Å². The van der Waals surface area contributed by atoms with Gasteiger partial charge in [0.15, 0.2) is 0 Å². The predicted octanol–water partition coefficient (Wildman–Crippen LogP) is 3.13. The van der Waals surface area contributed by atoms with E-state index in [-0.39, 0.29) is 17.5 Å². The molecule has 0 radical (unpaired) electrons. The molecule has 1 aliphatic heterocycles. The molecule has 1 fully saturated rings. The Morgan fingerprint density at radius 1 is 0.833 bits per heavy atom. The summed E-state index contributed by atoms with van der Waals surface area (Å²) in [4.78, 5) is 53.9. The largest absolute Gasteiger partial charge is 0.497 e. The SMILES string of the molecule is COc1ccc(C(=O)NN(C(=O)c2ccc(OC)cc2)C2CC(=O)N(c3ccc(C)cc3)C2=O)cc1. The molecule has 1 atom stereocenters. The lowest BCUT2D eigenvalue weighted by atomic mass is 10.1. The first-order valence-electron chi connectivity index (χ1n) is 11.2. The van der Waals surface area contributed by atoms with E-state index >= 15 is 0 Å². The van der Waals surface area contributed by atoms with Crippen LogP contribution in [-0.4, -0.2) is 48.9 Å². The summed E-state index contributed by atoms with van der Waals surface area (Å²) in [6, 6.07) is 18.2. The summed E-state index contributed by atoms with van der Waals surface area (Å²) in [7, 11) is 3.01. The fraction of sp³-hybridized carbons (Fsp3) is 0.185. The molecule has 1 heterocycles. The van der Waals surface area contributed by atoms with E-state index in [0.717, 1.165) is 15.5 Å². The second kappa shape index (κ2) is 10.3. The molecule has 0 bridgehead atoms. The summed E-state index contributed by atoms with van der Waals surface area (Å²) in [6.07, 6.45) is -0.280. The zero-order chi connectivity index (χ0) is 25.8. The summed E-state index contributed by atoms with van der Waals surface area (Å²) >= 11 is 0. The Balaban J connectivity index is 1.66. The van der Waals surface area contributed by atoms with E-state index in [0.29, 0.717) is 17.2 Å². The van der Waals surface area contributed by atoms with Crippen molar-refractivity contribution < 1.29 is 28.7 Å². The van der Waals surface area contributed by atoms with Gasteiger partial charge in [0.2, 0.25) is 5.91 Å². The summed E-state index contributed by atoms with van der Waals surface area (Å²) in [6.45, 7) is 1.89. The van der Waals surface area contributed by atoms with Crippen LogP contribution in [0.3, 0.4) is 0 Å². The van der Waals surface area contributed by atoms with Gasteiger partial charge < -0.3 is 9.47 Å². The lowest BCUT2D eigenvalue weighted by molar-refractivity contribution is -0.122. The first-order chi connectivity index (χ1) is 17.3. The molecule has 184 valence electrons. The van der Waals surface area contributed by atoms with E-state index in [1.165, 1.54) is 38.5 Å². The molecule has 0 saturated carbocycles. The smallest absolute Gasteiger partial charge is 0.273 e. The third-order valence-corrected chi connectivity index (χ3v) is 5.86. The first kappa shape index (κ1) is 24.5. The average molecular weight is 488 g/mol. The summed E-state index contributed by atoms with van der Waals surface area (Å²) in [5.41, 5.74) is 4.37. The van der Waals surface area contributed by atoms with E-state index in [4.69, 9.17) is 9.47 Å². The number of carbonyl (C=O) groups is 4. The van der Waals surface area contributed by atoms with Gasteiger partial charge in [-0.1, -0.05) is 17.7 Å². The van der Waals surface area contributed by atoms with Crippen molar-refractivity contribution in [1.82, 2.24) is 10.4 Å². The zero-order valence-corrected chi connectivity index (χ0v) is 20.1. The summed E-state index contributed by atoms with van der Waals surface area (Å²) in [5, 5.41) is 0.933. The van der Waals surface area contributed by atoms with Crippen molar-refractivity contribution in [3.05, 3.63) is 89.5 Å². The van der Waals surface area contributed by atoms with Crippen molar-refractivity contribution in [3.8, 4) is 11.5 Å². The van der Waals surface area contributed by atoms with Crippen molar-refractivity contribution >= 4 is 29.3 Å². The molecule has 9 nitrogen and oxygen atoms in total. The molecule has 0 spiro atoms. The van der Waals surface area contributed by atoms with E-state index in [2.05, 4.69) is 5.43 Å². The standard InChI is InChI=1S/C27H25N3O6/c1-17-4-10-20(11-5-17)29-24(31)16-23(27(29)34)30(26(33)19-8-14-22(36-3)15-9-19)28-25(32)18-6-12-21(35-2)13-7-18/h4-15,23H,16H2,1-3H3,(H,28,32). The molecular weight excluding hydrogens is 462 g/mol. The minimum atomic E-state index is -1.23. The second-order valence-corrected chi connectivity index (χ2v) is 8.20. The quantitative estimate of drug-likeness (QED) is 0.423. The van der Waals surface area contributed by atoms with E-state index in [9.17, 15) is 19.2 Å². The van der Waals surface area contributed by atoms with Gasteiger partial charge in [-0.05, 0) is 67.6 Å². The molecule has 0 aliphatic carbocycles. The van der Waals surface area contributed by atoms with Gasteiger partial charge in [-0.3, -0.25) is 24.6 Å². The number of ether oxygens (including phenoxy) is 2. The van der Waals surface area contributed by atoms with Gasteiger partial charge >= 0.3 is 0 Å². The summed E-state index contributed by atoms with van der Waals surface area (Å²) in [5.74, 6) is -1.24. The van der Waals surface area contributed by atoms with Crippen LogP contribution in [0.2, 0.25) is 0 Å². The number of hydrazine groups is 1. The molecule has 36 heavy (non-hydrogen) atoms. The minimum absolute atomic E-state index is 0.208. The van der Waals surface area contributed by atoms with Gasteiger partial charge in [0, 0.05) is 11.1 Å². The van der Waals surface area contributed by atoms with Crippen molar-refractivity contribution in [3.63, 3.8) is 0 Å². The molecule has 9 heteroatoms. The molecule has 4 amide bonds. The number of methoxy groups -OCH3 is 2. The Labute approximate surface area is 208 Å². The Morgan fingerprint density at radius 2 is 1.36 bits per heavy atom. The molecule has 4 rings (SSSR count). The lowest BCUT2D eigenvalue weighted by Crippen LogP contribution is -2.54. The van der Waals surface area contributed by atoms with Crippen LogP contribution in [0, 0.1) is 6.92 Å². The van der Waals surface area contributed by atoms with Crippen LogP contribution in [0.5, 0.6) is 11.5 Å². The van der Waals surface area contributed by atoms with Crippen molar-refractivity contribution in [2.45, 2.75) is 19.4 Å². The van der Waals surface area contributed by atoms with Crippen LogP contribution >= 0.6 is 0 Å². The van der Waals surface area contributed by atoms with Crippen molar-refractivity contribution in [1.29, 1.82) is 0 Å². The van der Waals surface area contributed by atoms with Crippen molar-refractivity contribution in [2.24, 2.45) is 0 Å². The molecule has 3 aromatic carbocycles. The second-order valence-electron chi connectivity index (χ2n) is 8.20. The number of benzene rings is 3. The highest BCUT2D eigenvalue weighted by molar-refractivity contribution is 6.23. The fourth-order valence-electron chi connectivity index (χ4n) is 3.84. The highest BCUT2D eigenvalue weighted by Gasteiger charge is 2.45. The normalized spacial score (nSPS) is 15.0. The van der Waals surface area contributed by atoms with Crippen LogP contribution in [0.1, 0.15) is 32.7 Å². The number of rotatable bonds is 6. The van der Waals surface area contributed by atoms with E-state index in [1.54, 1.807) is 48.5 Å². The first-order valence-corrected chi connectivity index (χ1v) is 11.2. The van der Waals surface area contributed by atoms with Gasteiger partial charge in [-0.2, -0.15) is 0 Å². The summed E-state index contributed by atoms with van der Waals surface area (Å²) < 4.78 is 10.3. The van der Waals surface area contributed by atoms with Gasteiger partial charge in [0.05, 0.1) is 26.3 Å². The number of hydrogen-bond donors (Lipinski definition) is 1. The van der Waals surface area contributed by atoms with E-state index in [1.807, 2.05) is 6.92 Å². The zero-order valence-electron chi connectivity index (χ0n) is 20.1. The maximum absolute atomic E-state index is 13.5. The van der Waals surface area contributed by atoms with Gasteiger partial charge in [0.1, 0.15) is 17.5 Å². The Bertz CT molecular complexity index is 1290. The van der Waals surface area contributed by atoms with Crippen LogP contribution in [-0.2, 0) is 9.59 Å². The third kappa shape index (κ3) is 4.90. The third-order valence-electron chi connectivity index (χ3n) is 5.86. The number of imide groups is 1. The molecule has 1 aliphatic rings. The number of hydrogen-bond acceptors (Lipinski definition) is 6. The predicted molar refractivity (Wildman–Crippen MR) is 132 cm³/mol. The van der Waals surface area contributed by atoms with Crippen molar-refractivity contribution in [2.75, 3.05) is 19.1 Å². The molecular formula is C27H25N3O6. The minimum Gasteiger partial charge on any atom is -0.497 e. The number of aryl methyl sites for hydroxylation is 1. The molecule has 3 aromatic rings. The average Bonchev–Trinajstić information content (AvgIpc) is 3.20. The maximum atomic E-state index is 13.5. The Morgan fingerprint density at radius 3 is 1.89 bits per heavy atom. The molecule has 0 aromatic heterocycles. The van der Waals surface area contributed by atoms with Crippen LogP contribution in [0.15, 0.2) is 72.8 Å². The Kier molecular flexibility index (Phi) is 7.00. The van der Waals surface area contributed by atoms with Gasteiger partial charge in [-0.15, -0.1) is 0 Å². The number of anilines is 1. The number of carbonyl (C=O) groups excluding carboxylic acids is 4. The molecule has 1 saturated heterocycles. The van der Waals surface area contributed by atoms with Gasteiger partial charge in [0.25, 0.3) is 17.7 Å². The Hall–Kier alpha value is -4.66. The van der Waals surface area contributed by atoms with Crippen LogP contribution in [0.4, 0.5) is 5.69 Å². The maximum Gasteiger partial charge on any atom is 0.273 e. The number of nitrogens with zero attached hydrogens (tertiary/aromatic N) is 2. The van der Waals surface area contributed by atoms with Crippen LogP contribution in [0.25, 0.3) is 0 Å². The topological polar surface area (TPSA) is 105 Å².